The molecule has 0 bridgehead atoms. The Balaban J connectivity index is 2.14. The average Bonchev–Trinajstić information content (AvgIpc) is 2.59. The number of fused-ring (bicyclic) bond motifs is 1. The van der Waals surface area contributed by atoms with Gasteiger partial charge in [-0.3, -0.25) is 9.59 Å². The Morgan fingerprint density at radius 3 is 2.70 bits per heavy atom. The molecule has 0 aromatic heterocycles. The van der Waals surface area contributed by atoms with Crippen LogP contribution in [-0.4, -0.2) is 43.9 Å². The van der Waals surface area contributed by atoms with Gasteiger partial charge in [-0.2, -0.15) is 0 Å². The Morgan fingerprint density at radius 2 is 2.05 bits per heavy atom. The number of carbonyl (C=O) groups is 2. The monoisotopic (exact) mass is 275 g/mol. The lowest BCUT2D eigenvalue weighted by Gasteiger charge is -2.16. The number of nitrogens with one attached hydrogen (secondary N) is 2. The Bertz CT molecular complexity index is 550. The lowest BCUT2D eigenvalue weighted by atomic mass is 9.85. The quantitative estimate of drug-likeness (QED) is 0.868. The van der Waals surface area contributed by atoms with Gasteiger partial charge < -0.3 is 15.5 Å². The summed E-state index contributed by atoms with van der Waals surface area (Å²) in [4.78, 5) is 26.0. The molecular formula is C15H21N3O2. The molecule has 0 aliphatic carbocycles. The van der Waals surface area contributed by atoms with Crippen LogP contribution >= 0.6 is 0 Å². The summed E-state index contributed by atoms with van der Waals surface area (Å²) in [6, 6.07) is 5.34. The number of anilines is 1. The van der Waals surface area contributed by atoms with E-state index in [0.717, 1.165) is 17.8 Å². The van der Waals surface area contributed by atoms with Gasteiger partial charge in [-0.1, -0.05) is 0 Å². The van der Waals surface area contributed by atoms with Crippen molar-refractivity contribution in [2.75, 3.05) is 32.5 Å². The first-order valence-electron chi connectivity index (χ1n) is 6.71. The van der Waals surface area contributed by atoms with Crippen LogP contribution in [0.5, 0.6) is 0 Å². The van der Waals surface area contributed by atoms with Crippen molar-refractivity contribution in [1.29, 1.82) is 0 Å². The number of rotatable bonds is 4. The van der Waals surface area contributed by atoms with E-state index < -0.39 is 5.41 Å². The predicted molar refractivity (Wildman–Crippen MR) is 79.0 cm³/mol. The molecule has 0 unspecified atom stereocenters. The van der Waals surface area contributed by atoms with E-state index in [0.29, 0.717) is 12.1 Å². The van der Waals surface area contributed by atoms with E-state index in [-0.39, 0.29) is 11.8 Å². The van der Waals surface area contributed by atoms with Gasteiger partial charge in [0.2, 0.25) is 5.91 Å². The van der Waals surface area contributed by atoms with Crippen molar-refractivity contribution < 1.29 is 9.59 Å². The predicted octanol–water partition coefficient (Wildman–Crippen LogP) is 1.21. The van der Waals surface area contributed by atoms with E-state index in [1.54, 1.807) is 18.2 Å². The zero-order valence-corrected chi connectivity index (χ0v) is 12.4. The Kier molecular flexibility index (Phi) is 3.81. The second-order valence-electron chi connectivity index (χ2n) is 5.90. The number of benzene rings is 1. The van der Waals surface area contributed by atoms with E-state index in [1.807, 2.05) is 32.8 Å². The van der Waals surface area contributed by atoms with Crippen LogP contribution in [0.15, 0.2) is 18.2 Å². The third kappa shape index (κ3) is 2.67. The highest BCUT2D eigenvalue weighted by Gasteiger charge is 2.38. The summed E-state index contributed by atoms with van der Waals surface area (Å²) < 4.78 is 0. The second kappa shape index (κ2) is 5.25. The molecule has 1 aliphatic heterocycles. The number of carbonyl (C=O) groups excluding carboxylic acids is 2. The SMILES string of the molecule is CN(C)CCNC(=O)c1ccc2c(c1)C(C)(C)C(=O)N2. The van der Waals surface area contributed by atoms with Crippen LogP contribution in [0.4, 0.5) is 5.69 Å². The molecule has 108 valence electrons. The molecule has 1 aromatic carbocycles. The van der Waals surface area contributed by atoms with E-state index >= 15 is 0 Å². The molecule has 0 spiro atoms. The summed E-state index contributed by atoms with van der Waals surface area (Å²) in [5, 5.41) is 5.71. The van der Waals surface area contributed by atoms with Gasteiger partial charge in [-0.25, -0.2) is 0 Å². The second-order valence-corrected chi connectivity index (χ2v) is 5.90. The third-order valence-corrected chi connectivity index (χ3v) is 3.62. The average molecular weight is 275 g/mol. The van der Waals surface area contributed by atoms with E-state index in [2.05, 4.69) is 10.6 Å². The van der Waals surface area contributed by atoms with Crippen LogP contribution in [0.25, 0.3) is 0 Å². The highest BCUT2D eigenvalue weighted by Crippen LogP contribution is 2.37. The van der Waals surface area contributed by atoms with Gasteiger partial charge in [0.05, 0.1) is 5.41 Å². The van der Waals surface area contributed by atoms with Crippen molar-refractivity contribution in [1.82, 2.24) is 10.2 Å². The highest BCUT2D eigenvalue weighted by molar-refractivity contribution is 6.07. The van der Waals surface area contributed by atoms with E-state index in [1.165, 1.54) is 0 Å². The maximum absolute atomic E-state index is 12.1. The minimum Gasteiger partial charge on any atom is -0.351 e. The fraction of sp³-hybridized carbons (Fsp3) is 0.467. The van der Waals surface area contributed by atoms with Crippen LogP contribution in [0.3, 0.4) is 0 Å². The zero-order valence-electron chi connectivity index (χ0n) is 12.4. The standard InChI is InChI=1S/C15H21N3O2/c1-15(2)11-9-10(5-6-12(11)17-14(15)20)13(19)16-7-8-18(3)4/h5-6,9H,7-8H2,1-4H3,(H,16,19)(H,17,20). The number of amides is 2. The Labute approximate surface area is 119 Å². The van der Waals surface area contributed by atoms with Gasteiger partial charge in [0, 0.05) is 24.3 Å². The Hall–Kier alpha value is -1.88. The van der Waals surface area contributed by atoms with Crippen LogP contribution in [0.1, 0.15) is 29.8 Å². The summed E-state index contributed by atoms with van der Waals surface area (Å²) in [5.41, 5.74) is 1.68. The van der Waals surface area contributed by atoms with Crippen molar-refractivity contribution in [2.24, 2.45) is 0 Å². The molecule has 2 rings (SSSR count). The van der Waals surface area contributed by atoms with Crippen LogP contribution in [0, 0.1) is 0 Å². The molecule has 5 nitrogen and oxygen atoms in total. The van der Waals surface area contributed by atoms with Crippen LogP contribution in [0.2, 0.25) is 0 Å². The van der Waals surface area contributed by atoms with Crippen molar-refractivity contribution in [3.63, 3.8) is 0 Å². The minimum atomic E-state index is -0.588. The normalized spacial score (nSPS) is 15.9. The highest BCUT2D eigenvalue weighted by atomic mass is 16.2. The van der Waals surface area contributed by atoms with Gasteiger partial charge in [0.25, 0.3) is 5.91 Å². The summed E-state index contributed by atoms with van der Waals surface area (Å²) in [6.07, 6.45) is 0. The largest absolute Gasteiger partial charge is 0.351 e. The van der Waals surface area contributed by atoms with E-state index in [9.17, 15) is 9.59 Å². The summed E-state index contributed by atoms with van der Waals surface area (Å²) >= 11 is 0. The lowest BCUT2D eigenvalue weighted by molar-refractivity contribution is -0.119. The molecule has 0 saturated heterocycles. The molecule has 5 heteroatoms. The van der Waals surface area contributed by atoms with Gasteiger partial charge >= 0.3 is 0 Å². The maximum atomic E-state index is 12.1. The van der Waals surface area contributed by atoms with Crippen LogP contribution in [-0.2, 0) is 10.2 Å². The van der Waals surface area contributed by atoms with Gasteiger partial charge in [-0.15, -0.1) is 0 Å². The van der Waals surface area contributed by atoms with Gasteiger partial charge in [0.15, 0.2) is 0 Å². The molecule has 0 radical (unpaired) electrons. The maximum Gasteiger partial charge on any atom is 0.251 e. The summed E-state index contributed by atoms with van der Waals surface area (Å²) in [6.45, 7) is 5.12. The number of likely N-dealkylation sites (N-methyl/N-ethyl adjacent to an activating group) is 1. The number of nitrogens with zero attached hydrogens (tertiary/aromatic N) is 1. The van der Waals surface area contributed by atoms with Crippen molar-refractivity contribution in [2.45, 2.75) is 19.3 Å². The van der Waals surface area contributed by atoms with Gasteiger partial charge in [-0.05, 0) is 51.7 Å². The molecular weight excluding hydrogens is 254 g/mol. The first kappa shape index (κ1) is 14.5. The molecule has 1 aromatic rings. The molecule has 2 amide bonds. The lowest BCUT2D eigenvalue weighted by Crippen LogP contribution is -2.31. The fourth-order valence-corrected chi connectivity index (χ4v) is 2.21. The summed E-state index contributed by atoms with van der Waals surface area (Å²) in [5.74, 6) is -0.137. The summed E-state index contributed by atoms with van der Waals surface area (Å²) in [7, 11) is 3.92. The molecule has 2 N–H and O–H groups in total. The minimum absolute atomic E-state index is 0.0299. The molecule has 1 heterocycles. The first-order chi connectivity index (χ1) is 9.32. The zero-order chi connectivity index (χ0) is 14.9. The van der Waals surface area contributed by atoms with Crippen molar-refractivity contribution in [3.8, 4) is 0 Å². The van der Waals surface area contributed by atoms with Crippen molar-refractivity contribution >= 4 is 17.5 Å². The molecule has 0 saturated carbocycles. The fourth-order valence-electron chi connectivity index (χ4n) is 2.21. The first-order valence-corrected chi connectivity index (χ1v) is 6.71. The molecule has 1 aliphatic rings. The third-order valence-electron chi connectivity index (χ3n) is 3.62. The molecule has 0 atom stereocenters. The molecule has 0 fully saturated rings. The van der Waals surface area contributed by atoms with E-state index in [4.69, 9.17) is 0 Å². The Morgan fingerprint density at radius 1 is 1.35 bits per heavy atom. The van der Waals surface area contributed by atoms with Crippen LogP contribution < -0.4 is 10.6 Å². The van der Waals surface area contributed by atoms with Gasteiger partial charge in [0.1, 0.15) is 0 Å². The molecule has 20 heavy (non-hydrogen) atoms. The number of hydrogen-bond acceptors (Lipinski definition) is 3. The number of hydrogen-bond donors (Lipinski definition) is 2. The van der Waals surface area contributed by atoms with Crippen molar-refractivity contribution in [3.05, 3.63) is 29.3 Å². The smallest absolute Gasteiger partial charge is 0.251 e. The topological polar surface area (TPSA) is 61.4 Å².